The number of hydrogen-bond donors (Lipinski definition) is 1. The van der Waals surface area contributed by atoms with Crippen molar-refractivity contribution in [1.82, 2.24) is 4.72 Å². The first-order chi connectivity index (χ1) is 11.9. The Balaban J connectivity index is 2.08. The predicted molar refractivity (Wildman–Crippen MR) is 90.2 cm³/mol. The standard InChI is InChI=1S/C17H18FNO5S/c1-23-16-6-4-3-5-14(16)11-25(21,22)19-10-13-8-7-12(9-15(13)18)17(20)24-2/h3-9,19H,10-11H2,1-2H3. The average Bonchev–Trinajstić information content (AvgIpc) is 2.60. The molecule has 2 aromatic rings. The van der Waals surface area contributed by atoms with Crippen LogP contribution in [0.1, 0.15) is 21.5 Å². The highest BCUT2D eigenvalue weighted by Crippen LogP contribution is 2.20. The molecular weight excluding hydrogens is 349 g/mol. The van der Waals surface area contributed by atoms with Crippen molar-refractivity contribution in [2.24, 2.45) is 0 Å². The molecule has 0 aromatic heterocycles. The number of carbonyl (C=O) groups is 1. The van der Waals surface area contributed by atoms with E-state index in [1.807, 2.05) is 0 Å². The van der Waals surface area contributed by atoms with Crippen LogP contribution in [0.25, 0.3) is 0 Å². The van der Waals surface area contributed by atoms with E-state index in [2.05, 4.69) is 9.46 Å². The lowest BCUT2D eigenvalue weighted by molar-refractivity contribution is 0.0600. The Kier molecular flexibility index (Phi) is 6.11. The molecule has 6 nitrogen and oxygen atoms in total. The summed E-state index contributed by atoms with van der Waals surface area (Å²) in [6, 6.07) is 10.5. The summed E-state index contributed by atoms with van der Waals surface area (Å²) >= 11 is 0. The highest BCUT2D eigenvalue weighted by molar-refractivity contribution is 7.88. The average molecular weight is 367 g/mol. The topological polar surface area (TPSA) is 81.7 Å². The number of rotatable bonds is 7. The lowest BCUT2D eigenvalue weighted by Gasteiger charge is -2.11. The number of esters is 1. The SMILES string of the molecule is COC(=O)c1ccc(CNS(=O)(=O)Cc2ccccc2OC)c(F)c1. The fourth-order valence-electron chi connectivity index (χ4n) is 2.20. The highest BCUT2D eigenvalue weighted by Gasteiger charge is 2.16. The summed E-state index contributed by atoms with van der Waals surface area (Å²) in [5, 5.41) is 0. The van der Waals surface area contributed by atoms with Crippen molar-refractivity contribution in [2.45, 2.75) is 12.3 Å². The van der Waals surface area contributed by atoms with Crippen molar-refractivity contribution < 1.29 is 27.1 Å². The Morgan fingerprint density at radius 3 is 2.48 bits per heavy atom. The molecule has 0 aliphatic carbocycles. The van der Waals surface area contributed by atoms with Crippen molar-refractivity contribution in [3.63, 3.8) is 0 Å². The fourth-order valence-corrected chi connectivity index (χ4v) is 3.33. The largest absolute Gasteiger partial charge is 0.496 e. The molecule has 0 saturated carbocycles. The maximum Gasteiger partial charge on any atom is 0.337 e. The van der Waals surface area contributed by atoms with Gasteiger partial charge in [-0.25, -0.2) is 22.3 Å². The van der Waals surface area contributed by atoms with Gasteiger partial charge in [-0.2, -0.15) is 0 Å². The smallest absolute Gasteiger partial charge is 0.337 e. The van der Waals surface area contributed by atoms with Crippen LogP contribution in [-0.4, -0.2) is 28.6 Å². The van der Waals surface area contributed by atoms with Gasteiger partial charge in [-0.3, -0.25) is 0 Å². The van der Waals surface area contributed by atoms with Gasteiger partial charge in [0.05, 0.1) is 25.5 Å². The third-order valence-corrected chi connectivity index (χ3v) is 4.77. The molecule has 0 heterocycles. The molecule has 0 spiro atoms. The third-order valence-electron chi connectivity index (χ3n) is 3.49. The highest BCUT2D eigenvalue weighted by atomic mass is 32.2. The van der Waals surface area contributed by atoms with E-state index in [0.29, 0.717) is 11.3 Å². The number of hydrogen-bond acceptors (Lipinski definition) is 5. The van der Waals surface area contributed by atoms with Gasteiger partial charge in [0.25, 0.3) is 0 Å². The minimum absolute atomic E-state index is 0.0561. The zero-order chi connectivity index (χ0) is 18.4. The van der Waals surface area contributed by atoms with E-state index in [-0.39, 0.29) is 23.4 Å². The van der Waals surface area contributed by atoms with E-state index >= 15 is 0 Å². The second-order valence-corrected chi connectivity index (χ2v) is 7.00. The molecule has 134 valence electrons. The molecule has 0 radical (unpaired) electrons. The third kappa shape index (κ3) is 5.01. The van der Waals surface area contributed by atoms with Gasteiger partial charge >= 0.3 is 5.97 Å². The van der Waals surface area contributed by atoms with Crippen LogP contribution in [0.3, 0.4) is 0 Å². The summed E-state index contributed by atoms with van der Waals surface area (Å²) in [4.78, 5) is 11.3. The van der Waals surface area contributed by atoms with E-state index in [4.69, 9.17) is 4.74 Å². The molecule has 0 aliphatic rings. The second kappa shape index (κ2) is 8.09. The second-order valence-electron chi connectivity index (χ2n) is 5.19. The van der Waals surface area contributed by atoms with Gasteiger partial charge in [0.1, 0.15) is 11.6 Å². The number of sulfonamides is 1. The van der Waals surface area contributed by atoms with Crippen LogP contribution in [0.2, 0.25) is 0 Å². The number of halogens is 1. The molecular formula is C17H18FNO5S. The predicted octanol–water partition coefficient (Wildman–Crippen LogP) is 2.24. The molecule has 0 bridgehead atoms. The van der Waals surface area contributed by atoms with Gasteiger partial charge in [0.15, 0.2) is 0 Å². The number of nitrogens with one attached hydrogen (secondary N) is 1. The van der Waals surface area contributed by atoms with E-state index in [1.54, 1.807) is 24.3 Å². The van der Waals surface area contributed by atoms with Crippen LogP contribution in [0.5, 0.6) is 5.75 Å². The Bertz CT molecular complexity index is 867. The summed E-state index contributed by atoms with van der Waals surface area (Å²) < 4.78 is 50.4. The summed E-state index contributed by atoms with van der Waals surface area (Å²) in [6.45, 7) is -0.231. The summed E-state index contributed by atoms with van der Waals surface area (Å²) in [5.74, 6) is -1.19. The number of para-hydroxylation sites is 1. The van der Waals surface area contributed by atoms with Gasteiger partial charge < -0.3 is 9.47 Å². The van der Waals surface area contributed by atoms with Gasteiger partial charge in [-0.15, -0.1) is 0 Å². The molecule has 1 N–H and O–H groups in total. The van der Waals surface area contributed by atoms with Crippen LogP contribution in [-0.2, 0) is 27.1 Å². The van der Waals surface area contributed by atoms with Crippen molar-refractivity contribution in [2.75, 3.05) is 14.2 Å². The van der Waals surface area contributed by atoms with Gasteiger partial charge in [-0.05, 0) is 18.2 Å². The zero-order valence-electron chi connectivity index (χ0n) is 13.8. The quantitative estimate of drug-likeness (QED) is 0.759. The monoisotopic (exact) mass is 367 g/mol. The van der Waals surface area contributed by atoms with E-state index < -0.39 is 21.8 Å². The van der Waals surface area contributed by atoms with Crippen LogP contribution in [0.4, 0.5) is 4.39 Å². The lowest BCUT2D eigenvalue weighted by atomic mass is 10.1. The van der Waals surface area contributed by atoms with E-state index in [1.165, 1.54) is 26.4 Å². The summed E-state index contributed by atoms with van der Waals surface area (Å²) in [5.41, 5.74) is 0.677. The molecule has 2 aromatic carbocycles. The minimum atomic E-state index is -3.70. The number of methoxy groups -OCH3 is 2. The Hall–Kier alpha value is -2.45. The first-order valence-electron chi connectivity index (χ1n) is 7.32. The van der Waals surface area contributed by atoms with Gasteiger partial charge in [0.2, 0.25) is 10.0 Å². The van der Waals surface area contributed by atoms with Crippen molar-refractivity contribution in [3.05, 3.63) is 65.0 Å². The molecule has 0 atom stereocenters. The molecule has 8 heteroatoms. The molecule has 2 rings (SSSR count). The number of carbonyl (C=O) groups excluding carboxylic acids is 1. The fraction of sp³-hybridized carbons (Fsp3) is 0.235. The Labute approximate surface area is 145 Å². The first kappa shape index (κ1) is 18.9. The van der Waals surface area contributed by atoms with Crippen LogP contribution >= 0.6 is 0 Å². The maximum absolute atomic E-state index is 14.0. The number of benzene rings is 2. The van der Waals surface area contributed by atoms with Gasteiger partial charge in [0, 0.05) is 17.7 Å². The van der Waals surface area contributed by atoms with E-state index in [0.717, 1.165) is 6.07 Å². The molecule has 0 saturated heterocycles. The molecule has 0 fully saturated rings. The Morgan fingerprint density at radius 2 is 1.84 bits per heavy atom. The zero-order valence-corrected chi connectivity index (χ0v) is 14.6. The molecule has 0 amide bonds. The minimum Gasteiger partial charge on any atom is -0.496 e. The first-order valence-corrected chi connectivity index (χ1v) is 8.97. The van der Waals surface area contributed by atoms with Crippen LogP contribution in [0, 0.1) is 5.82 Å². The lowest BCUT2D eigenvalue weighted by Crippen LogP contribution is -2.25. The van der Waals surface area contributed by atoms with E-state index in [9.17, 15) is 17.6 Å². The van der Waals surface area contributed by atoms with Crippen molar-refractivity contribution in [1.29, 1.82) is 0 Å². The summed E-state index contributed by atoms with van der Waals surface area (Å²) in [7, 11) is -1.05. The van der Waals surface area contributed by atoms with Crippen LogP contribution < -0.4 is 9.46 Å². The molecule has 0 aliphatic heterocycles. The normalized spacial score (nSPS) is 11.2. The van der Waals surface area contributed by atoms with Gasteiger partial charge in [-0.1, -0.05) is 24.3 Å². The molecule has 25 heavy (non-hydrogen) atoms. The number of ether oxygens (including phenoxy) is 2. The van der Waals surface area contributed by atoms with Crippen molar-refractivity contribution in [3.8, 4) is 5.75 Å². The van der Waals surface area contributed by atoms with Crippen molar-refractivity contribution >= 4 is 16.0 Å². The molecule has 0 unspecified atom stereocenters. The summed E-state index contributed by atoms with van der Waals surface area (Å²) in [6.07, 6.45) is 0. The maximum atomic E-state index is 14.0. The Morgan fingerprint density at radius 1 is 1.12 bits per heavy atom. The van der Waals surface area contributed by atoms with Crippen LogP contribution in [0.15, 0.2) is 42.5 Å².